The molecule has 2 aromatic rings. The molecular formula is C19H24N4O3. The molecular weight excluding hydrogens is 332 g/mol. The monoisotopic (exact) mass is 356 g/mol. The molecule has 1 fully saturated rings. The van der Waals surface area contributed by atoms with Gasteiger partial charge in [-0.15, -0.1) is 0 Å². The third-order valence-corrected chi connectivity index (χ3v) is 4.33. The highest BCUT2D eigenvalue weighted by atomic mass is 16.5. The fourth-order valence-corrected chi connectivity index (χ4v) is 2.86. The molecule has 0 aliphatic carbocycles. The molecule has 1 N–H and O–H groups in total. The van der Waals surface area contributed by atoms with Crippen molar-refractivity contribution in [2.75, 3.05) is 36.5 Å². The topological polar surface area (TPSA) is 76.5 Å². The number of hydrogen-bond donors (Lipinski definition) is 1. The van der Waals surface area contributed by atoms with E-state index >= 15 is 0 Å². The lowest BCUT2D eigenvalue weighted by atomic mass is 10.2. The van der Waals surface area contributed by atoms with Crippen LogP contribution in [-0.4, -0.2) is 41.8 Å². The Morgan fingerprint density at radius 2 is 1.92 bits per heavy atom. The molecule has 0 radical (unpaired) electrons. The molecule has 0 bridgehead atoms. The van der Waals surface area contributed by atoms with E-state index in [9.17, 15) is 9.59 Å². The van der Waals surface area contributed by atoms with Gasteiger partial charge in [-0.2, -0.15) is 0 Å². The molecule has 0 unspecified atom stereocenters. The Labute approximate surface area is 152 Å². The summed E-state index contributed by atoms with van der Waals surface area (Å²) in [6, 6.07) is 9.05. The summed E-state index contributed by atoms with van der Waals surface area (Å²) in [5.41, 5.74) is 2.34. The summed E-state index contributed by atoms with van der Waals surface area (Å²) < 4.78 is 6.82. The Morgan fingerprint density at radius 1 is 1.23 bits per heavy atom. The van der Waals surface area contributed by atoms with Gasteiger partial charge in [0.05, 0.1) is 13.2 Å². The first-order valence-corrected chi connectivity index (χ1v) is 8.87. The summed E-state index contributed by atoms with van der Waals surface area (Å²) in [5.74, 6) is 0.285. The predicted molar refractivity (Wildman–Crippen MR) is 101 cm³/mol. The van der Waals surface area contributed by atoms with Crippen molar-refractivity contribution in [3.05, 3.63) is 51.9 Å². The van der Waals surface area contributed by atoms with Crippen LogP contribution in [-0.2, 0) is 22.5 Å². The molecule has 1 saturated heterocycles. The maximum Gasteiger partial charge on any atom is 0.255 e. The van der Waals surface area contributed by atoms with E-state index in [0.29, 0.717) is 44.4 Å². The van der Waals surface area contributed by atoms with E-state index in [0.717, 1.165) is 11.3 Å². The minimum atomic E-state index is -0.253. The number of rotatable bonds is 5. The smallest absolute Gasteiger partial charge is 0.255 e. The van der Waals surface area contributed by atoms with E-state index in [2.05, 4.69) is 10.3 Å². The third-order valence-electron chi connectivity index (χ3n) is 4.33. The quantitative estimate of drug-likeness (QED) is 0.880. The van der Waals surface area contributed by atoms with Crippen LogP contribution in [0.3, 0.4) is 0 Å². The number of aromatic nitrogens is 2. The van der Waals surface area contributed by atoms with E-state index in [1.807, 2.05) is 43.0 Å². The van der Waals surface area contributed by atoms with Crippen molar-refractivity contribution < 1.29 is 9.53 Å². The summed E-state index contributed by atoms with van der Waals surface area (Å²) in [6.07, 6.45) is 0.670. The Hall–Kier alpha value is -2.67. The Bertz CT molecular complexity index is 824. The van der Waals surface area contributed by atoms with Crippen LogP contribution in [0.25, 0.3) is 0 Å². The predicted octanol–water partition coefficient (Wildman–Crippen LogP) is 1.59. The molecule has 2 heterocycles. The highest BCUT2D eigenvalue weighted by Crippen LogP contribution is 2.14. The van der Waals surface area contributed by atoms with Crippen molar-refractivity contribution in [2.24, 2.45) is 0 Å². The van der Waals surface area contributed by atoms with Crippen molar-refractivity contribution in [1.82, 2.24) is 9.55 Å². The van der Waals surface area contributed by atoms with Crippen LogP contribution >= 0.6 is 0 Å². The van der Waals surface area contributed by atoms with Gasteiger partial charge < -0.3 is 15.0 Å². The van der Waals surface area contributed by atoms with Gasteiger partial charge in [-0.3, -0.25) is 14.2 Å². The SMILES string of the molecule is CCc1cc(=O)n(CC(=O)Nc2ccc(C)cc2)c(N2CCOCC2)n1. The van der Waals surface area contributed by atoms with Crippen LogP contribution in [0, 0.1) is 6.92 Å². The molecule has 26 heavy (non-hydrogen) atoms. The van der Waals surface area contributed by atoms with Gasteiger partial charge in [0.15, 0.2) is 0 Å². The zero-order valence-corrected chi connectivity index (χ0v) is 15.2. The van der Waals surface area contributed by atoms with Crippen LogP contribution in [0.1, 0.15) is 18.2 Å². The minimum Gasteiger partial charge on any atom is -0.378 e. The van der Waals surface area contributed by atoms with Crippen LogP contribution < -0.4 is 15.8 Å². The van der Waals surface area contributed by atoms with Gasteiger partial charge in [0.2, 0.25) is 11.9 Å². The Kier molecular flexibility index (Phi) is 5.68. The second kappa shape index (κ2) is 8.14. The molecule has 3 rings (SSSR count). The average Bonchev–Trinajstić information content (AvgIpc) is 2.65. The van der Waals surface area contributed by atoms with Gasteiger partial charge in [0, 0.05) is 30.5 Å². The number of carbonyl (C=O) groups excluding carboxylic acids is 1. The first-order chi connectivity index (χ1) is 12.6. The summed E-state index contributed by atoms with van der Waals surface area (Å²) in [6.45, 7) is 6.35. The molecule has 1 amide bonds. The third kappa shape index (κ3) is 4.29. The molecule has 7 nitrogen and oxygen atoms in total. The second-order valence-electron chi connectivity index (χ2n) is 6.34. The van der Waals surface area contributed by atoms with Crippen molar-refractivity contribution in [2.45, 2.75) is 26.8 Å². The number of amides is 1. The van der Waals surface area contributed by atoms with E-state index in [-0.39, 0.29) is 18.0 Å². The number of ether oxygens (including phenoxy) is 1. The number of aryl methyl sites for hydroxylation is 2. The molecule has 0 atom stereocenters. The van der Waals surface area contributed by atoms with Gasteiger partial charge in [-0.05, 0) is 25.5 Å². The van der Waals surface area contributed by atoms with Gasteiger partial charge in [0.25, 0.3) is 5.56 Å². The number of hydrogen-bond acceptors (Lipinski definition) is 5. The van der Waals surface area contributed by atoms with Crippen LogP contribution in [0.4, 0.5) is 11.6 Å². The Morgan fingerprint density at radius 3 is 2.58 bits per heavy atom. The normalized spacial score (nSPS) is 14.3. The lowest BCUT2D eigenvalue weighted by Gasteiger charge is -2.29. The molecule has 1 aliphatic rings. The van der Waals surface area contributed by atoms with Crippen molar-refractivity contribution >= 4 is 17.5 Å². The van der Waals surface area contributed by atoms with Crippen molar-refractivity contribution in [1.29, 1.82) is 0 Å². The fraction of sp³-hybridized carbons (Fsp3) is 0.421. The van der Waals surface area contributed by atoms with Crippen LogP contribution in [0.5, 0.6) is 0 Å². The largest absolute Gasteiger partial charge is 0.378 e. The van der Waals surface area contributed by atoms with Gasteiger partial charge in [-0.1, -0.05) is 24.6 Å². The molecule has 138 valence electrons. The van der Waals surface area contributed by atoms with E-state index in [1.165, 1.54) is 10.6 Å². The second-order valence-corrected chi connectivity index (χ2v) is 6.34. The summed E-state index contributed by atoms with van der Waals surface area (Å²) >= 11 is 0. The van der Waals surface area contributed by atoms with E-state index < -0.39 is 0 Å². The minimum absolute atomic E-state index is 0.0730. The number of morpholine rings is 1. The number of benzene rings is 1. The fourth-order valence-electron chi connectivity index (χ4n) is 2.86. The van der Waals surface area contributed by atoms with Gasteiger partial charge in [0.1, 0.15) is 6.54 Å². The van der Waals surface area contributed by atoms with E-state index in [1.54, 1.807) is 0 Å². The highest BCUT2D eigenvalue weighted by molar-refractivity contribution is 5.90. The standard InChI is InChI=1S/C19H24N4O3/c1-3-15-12-18(25)23(19(21-15)22-8-10-26-11-9-22)13-17(24)20-16-6-4-14(2)5-7-16/h4-7,12H,3,8-11,13H2,1-2H3,(H,20,24). The van der Waals surface area contributed by atoms with Crippen LogP contribution in [0.2, 0.25) is 0 Å². The summed E-state index contributed by atoms with van der Waals surface area (Å²) in [7, 11) is 0. The molecule has 1 aromatic heterocycles. The number of nitrogens with one attached hydrogen (secondary N) is 1. The average molecular weight is 356 g/mol. The molecule has 1 aliphatic heterocycles. The summed E-state index contributed by atoms with van der Waals surface area (Å²) in [5, 5.41) is 2.83. The number of anilines is 2. The summed E-state index contributed by atoms with van der Waals surface area (Å²) in [4.78, 5) is 31.7. The highest BCUT2D eigenvalue weighted by Gasteiger charge is 2.19. The molecule has 1 aromatic carbocycles. The lowest BCUT2D eigenvalue weighted by molar-refractivity contribution is -0.116. The van der Waals surface area contributed by atoms with Crippen LogP contribution in [0.15, 0.2) is 35.1 Å². The Balaban J connectivity index is 1.84. The first-order valence-electron chi connectivity index (χ1n) is 8.87. The zero-order valence-electron chi connectivity index (χ0n) is 15.2. The number of carbonyl (C=O) groups is 1. The lowest BCUT2D eigenvalue weighted by Crippen LogP contribution is -2.42. The molecule has 0 spiro atoms. The van der Waals surface area contributed by atoms with Gasteiger partial charge in [-0.25, -0.2) is 4.98 Å². The van der Waals surface area contributed by atoms with Crippen molar-refractivity contribution in [3.8, 4) is 0 Å². The molecule has 0 saturated carbocycles. The maximum absolute atomic E-state index is 12.6. The maximum atomic E-state index is 12.6. The molecule has 7 heteroatoms. The first kappa shape index (κ1) is 18.1. The zero-order chi connectivity index (χ0) is 18.5. The van der Waals surface area contributed by atoms with E-state index in [4.69, 9.17) is 4.74 Å². The number of nitrogens with zero attached hydrogens (tertiary/aromatic N) is 3. The van der Waals surface area contributed by atoms with Crippen molar-refractivity contribution in [3.63, 3.8) is 0 Å². The van der Waals surface area contributed by atoms with Gasteiger partial charge >= 0.3 is 0 Å².